The van der Waals surface area contributed by atoms with Crippen LogP contribution in [0.15, 0.2) is 29.2 Å². The normalized spacial score (nSPS) is 12.8. The minimum absolute atomic E-state index is 0.199. The zero-order chi connectivity index (χ0) is 24.7. The van der Waals surface area contributed by atoms with E-state index in [1.807, 2.05) is 22.6 Å². The Labute approximate surface area is 212 Å². The molecular weight excluding hydrogens is 572 g/mol. The maximum absolute atomic E-state index is 12.3. The van der Waals surface area contributed by atoms with Crippen molar-refractivity contribution in [2.75, 3.05) is 6.61 Å². The van der Waals surface area contributed by atoms with Gasteiger partial charge in [-0.15, -0.1) is 0 Å². The van der Waals surface area contributed by atoms with Gasteiger partial charge in [0.25, 0.3) is 0 Å². The molecule has 0 radical (unpaired) electrons. The zero-order valence-electron chi connectivity index (χ0n) is 22.9. The van der Waals surface area contributed by atoms with Gasteiger partial charge in [-0.05, 0) is 0 Å². The van der Waals surface area contributed by atoms with E-state index in [0.717, 1.165) is 0 Å². The molecule has 1 rings (SSSR count). The first-order valence-corrected chi connectivity index (χ1v) is 27.1. The SMILES string of the molecule is CCC[CH2][Sn]([CH2]CCC)([CH2]CCC)/[C](=[CH]/[Ge]([CH2]C)([CH2]C)[CH2]C)c1ccc(C(=O)OCC)cc1. The van der Waals surface area contributed by atoms with Gasteiger partial charge in [0, 0.05) is 0 Å². The topological polar surface area (TPSA) is 26.3 Å². The monoisotopic (exact) mass is 626 g/mol. The number of rotatable bonds is 17. The summed E-state index contributed by atoms with van der Waals surface area (Å²) in [6, 6.07) is 8.58. The Balaban J connectivity index is 3.72. The first kappa shape index (κ1) is 30.8. The molecule has 0 saturated carbocycles. The fourth-order valence-electron chi connectivity index (χ4n) is 5.23. The first-order chi connectivity index (χ1) is 15.9. The molecule has 0 aliphatic carbocycles. The van der Waals surface area contributed by atoms with Crippen LogP contribution >= 0.6 is 0 Å². The molecule has 33 heavy (non-hydrogen) atoms. The van der Waals surface area contributed by atoms with Crippen LogP contribution in [0.1, 0.15) is 103 Å². The second-order valence-corrected chi connectivity index (χ2v) is 33.8. The fourth-order valence-corrected chi connectivity index (χ4v) is 36.5. The van der Waals surface area contributed by atoms with Gasteiger partial charge < -0.3 is 0 Å². The summed E-state index contributed by atoms with van der Waals surface area (Å²) < 4.78 is 11.6. The van der Waals surface area contributed by atoms with E-state index < -0.39 is 31.6 Å². The summed E-state index contributed by atoms with van der Waals surface area (Å²) in [5.74, 6) is -0.199. The predicted molar refractivity (Wildman–Crippen MR) is 152 cm³/mol. The van der Waals surface area contributed by atoms with Crippen molar-refractivity contribution in [2.45, 2.75) is 116 Å². The summed E-state index contributed by atoms with van der Waals surface area (Å²) in [4.78, 5) is 15.3. The van der Waals surface area contributed by atoms with Crippen LogP contribution in [0.4, 0.5) is 0 Å². The van der Waals surface area contributed by atoms with Crippen molar-refractivity contribution in [3.8, 4) is 0 Å². The summed E-state index contributed by atoms with van der Waals surface area (Å²) in [6.07, 6.45) is 8.04. The minimum atomic E-state index is -2.63. The second kappa shape index (κ2) is 16.4. The molecule has 0 aliphatic heterocycles. The molecular formula is C29H52GeO2Sn. The van der Waals surface area contributed by atoms with Crippen molar-refractivity contribution in [3.05, 3.63) is 40.3 Å². The van der Waals surface area contributed by atoms with Crippen molar-refractivity contribution in [3.63, 3.8) is 0 Å². The first-order valence-electron chi connectivity index (χ1n) is 13.9. The molecule has 0 atom stereocenters. The molecule has 1 aromatic rings. The molecule has 2 nitrogen and oxygen atoms in total. The molecule has 0 aromatic heterocycles. The number of hydrogen-bond donors (Lipinski definition) is 0. The molecule has 0 saturated heterocycles. The van der Waals surface area contributed by atoms with Crippen molar-refractivity contribution in [1.29, 1.82) is 0 Å². The quantitative estimate of drug-likeness (QED) is 0.128. The Kier molecular flexibility index (Phi) is 15.3. The van der Waals surface area contributed by atoms with Gasteiger partial charge in [-0.25, -0.2) is 0 Å². The van der Waals surface area contributed by atoms with E-state index in [4.69, 9.17) is 4.74 Å². The van der Waals surface area contributed by atoms with Gasteiger partial charge in [0.05, 0.1) is 0 Å². The third-order valence-corrected chi connectivity index (χ3v) is 36.1. The van der Waals surface area contributed by atoms with Crippen LogP contribution in [-0.4, -0.2) is 44.2 Å². The standard InChI is InChI=1S/C17H25GeO2.3C4H9.Sn/c1-5-18(6-2,7-3)14-13-15-9-11-16(12-10-15)17(19)20-8-4;3*1-3-4-2;/h9-12,14H,5-8H2,1-4H3;3*1,3-4H2,2H3;. The van der Waals surface area contributed by atoms with E-state index in [1.54, 1.807) is 0 Å². The molecule has 1 aromatic carbocycles. The Bertz CT molecular complexity index is 677. The molecule has 0 N–H and O–H groups in total. The summed E-state index contributed by atoms with van der Waals surface area (Å²) in [5.41, 5.74) is 2.12. The van der Waals surface area contributed by atoms with Crippen molar-refractivity contribution >= 4 is 41.2 Å². The molecule has 0 heterocycles. The van der Waals surface area contributed by atoms with Gasteiger partial charge in [0.2, 0.25) is 0 Å². The third-order valence-electron chi connectivity index (χ3n) is 7.87. The number of carbonyl (C=O) groups is 1. The van der Waals surface area contributed by atoms with Gasteiger partial charge >= 0.3 is 214 Å². The van der Waals surface area contributed by atoms with Gasteiger partial charge in [-0.2, -0.15) is 0 Å². The van der Waals surface area contributed by atoms with E-state index in [0.29, 0.717) is 12.2 Å². The summed E-state index contributed by atoms with van der Waals surface area (Å²) in [7, 11) is 0. The average molecular weight is 624 g/mol. The number of ether oxygens (including phenoxy) is 1. The van der Waals surface area contributed by atoms with Gasteiger partial charge in [0.1, 0.15) is 0 Å². The Morgan fingerprint density at radius 1 is 0.758 bits per heavy atom. The Morgan fingerprint density at radius 2 is 1.18 bits per heavy atom. The Hall–Kier alpha value is -0.228. The maximum atomic E-state index is 12.3. The van der Waals surface area contributed by atoms with E-state index in [2.05, 4.69) is 58.6 Å². The number of benzene rings is 1. The molecule has 0 amide bonds. The van der Waals surface area contributed by atoms with Crippen LogP contribution in [0.25, 0.3) is 3.59 Å². The molecule has 0 bridgehead atoms. The predicted octanol–water partition coefficient (Wildman–Crippen LogP) is 9.68. The van der Waals surface area contributed by atoms with Gasteiger partial charge in [-0.1, -0.05) is 0 Å². The van der Waals surface area contributed by atoms with E-state index in [9.17, 15) is 4.79 Å². The van der Waals surface area contributed by atoms with Crippen molar-refractivity contribution in [2.24, 2.45) is 0 Å². The number of unbranched alkanes of at least 4 members (excludes halogenated alkanes) is 3. The van der Waals surface area contributed by atoms with Crippen molar-refractivity contribution < 1.29 is 9.53 Å². The summed E-state index contributed by atoms with van der Waals surface area (Å²) >= 11 is -4.67. The Morgan fingerprint density at radius 3 is 1.55 bits per heavy atom. The second-order valence-electron chi connectivity index (χ2n) is 9.87. The van der Waals surface area contributed by atoms with Crippen LogP contribution in [0, 0.1) is 0 Å². The van der Waals surface area contributed by atoms with Gasteiger partial charge in [-0.3, -0.25) is 0 Å². The number of hydrogen-bond acceptors (Lipinski definition) is 2. The molecule has 4 heteroatoms. The van der Waals surface area contributed by atoms with Crippen molar-refractivity contribution in [1.82, 2.24) is 0 Å². The van der Waals surface area contributed by atoms with Gasteiger partial charge in [0.15, 0.2) is 0 Å². The van der Waals surface area contributed by atoms with Crippen LogP contribution in [-0.2, 0) is 4.74 Å². The van der Waals surface area contributed by atoms with E-state index in [-0.39, 0.29) is 5.97 Å². The molecule has 0 aliphatic rings. The van der Waals surface area contributed by atoms with Crippen LogP contribution in [0.3, 0.4) is 0 Å². The molecule has 188 valence electrons. The number of esters is 1. The van der Waals surface area contributed by atoms with E-state index >= 15 is 0 Å². The average Bonchev–Trinajstić information content (AvgIpc) is 2.85. The fraction of sp³-hybridized carbons (Fsp3) is 0.690. The van der Waals surface area contributed by atoms with Crippen LogP contribution in [0.2, 0.25) is 29.1 Å². The third kappa shape index (κ3) is 9.05. The van der Waals surface area contributed by atoms with E-state index in [1.165, 1.54) is 73.2 Å². The summed E-state index contributed by atoms with van der Waals surface area (Å²) in [6.45, 7) is 16.7. The summed E-state index contributed by atoms with van der Waals surface area (Å²) in [5, 5.41) is 4.15. The molecule has 0 spiro atoms. The van der Waals surface area contributed by atoms with Crippen LogP contribution < -0.4 is 0 Å². The number of carbonyl (C=O) groups excluding carboxylic acids is 1. The molecule has 0 fully saturated rings. The van der Waals surface area contributed by atoms with Crippen LogP contribution in [0.5, 0.6) is 0 Å². The molecule has 0 unspecified atom stereocenters. The zero-order valence-corrected chi connectivity index (χ0v) is 27.8.